The number of halogens is 1. The van der Waals surface area contributed by atoms with Crippen molar-refractivity contribution >= 4 is 11.8 Å². The summed E-state index contributed by atoms with van der Waals surface area (Å²) in [4.78, 5) is 0. The fourth-order valence-electron chi connectivity index (χ4n) is 2.40. The summed E-state index contributed by atoms with van der Waals surface area (Å²) < 4.78 is 26.5. The Labute approximate surface area is 156 Å². The van der Waals surface area contributed by atoms with Gasteiger partial charge in [0.15, 0.2) is 11.0 Å². The predicted octanol–water partition coefficient (Wildman–Crippen LogP) is 4.19. The van der Waals surface area contributed by atoms with Crippen molar-refractivity contribution in [2.75, 3.05) is 19.5 Å². The molecule has 0 atom stereocenters. The Balaban J connectivity index is 1.49. The van der Waals surface area contributed by atoms with E-state index in [0.717, 1.165) is 28.8 Å². The molecule has 0 radical (unpaired) electrons. The van der Waals surface area contributed by atoms with Crippen LogP contribution in [-0.4, -0.2) is 34.2 Å². The van der Waals surface area contributed by atoms with Crippen molar-refractivity contribution < 1.29 is 13.9 Å². The molecule has 5 nitrogen and oxygen atoms in total. The molecule has 1 heterocycles. The van der Waals surface area contributed by atoms with E-state index >= 15 is 0 Å². The minimum absolute atomic E-state index is 0.299. The number of methoxy groups -OCH3 is 1. The summed E-state index contributed by atoms with van der Waals surface area (Å²) >= 11 is 1.58. The second kappa shape index (κ2) is 8.71. The molecule has 0 aliphatic carbocycles. The van der Waals surface area contributed by atoms with Gasteiger partial charge < -0.3 is 14.0 Å². The third-order valence-corrected chi connectivity index (χ3v) is 4.90. The van der Waals surface area contributed by atoms with Crippen LogP contribution in [0.4, 0.5) is 4.39 Å². The molecule has 0 aliphatic rings. The van der Waals surface area contributed by atoms with Crippen LogP contribution < -0.4 is 9.47 Å². The van der Waals surface area contributed by atoms with Crippen molar-refractivity contribution in [1.29, 1.82) is 0 Å². The van der Waals surface area contributed by atoms with Crippen molar-refractivity contribution in [2.45, 2.75) is 11.6 Å². The van der Waals surface area contributed by atoms with Gasteiger partial charge in [0, 0.05) is 12.8 Å². The van der Waals surface area contributed by atoms with Gasteiger partial charge in [-0.3, -0.25) is 0 Å². The van der Waals surface area contributed by atoms with Crippen LogP contribution in [0.25, 0.3) is 11.4 Å². The summed E-state index contributed by atoms with van der Waals surface area (Å²) in [5, 5.41) is 9.04. The number of aromatic nitrogens is 3. The molecular weight excluding hydrogens is 353 g/mol. The topological polar surface area (TPSA) is 49.2 Å². The van der Waals surface area contributed by atoms with Crippen molar-refractivity contribution in [3.8, 4) is 22.9 Å². The maximum absolute atomic E-state index is 13.9. The Bertz CT molecular complexity index is 852. The van der Waals surface area contributed by atoms with Crippen molar-refractivity contribution in [3.05, 3.63) is 54.3 Å². The van der Waals surface area contributed by atoms with Gasteiger partial charge in [-0.05, 0) is 42.8 Å². The Morgan fingerprint density at radius 2 is 1.77 bits per heavy atom. The second-order valence-electron chi connectivity index (χ2n) is 5.57. The van der Waals surface area contributed by atoms with Crippen LogP contribution in [0, 0.1) is 5.82 Å². The van der Waals surface area contributed by atoms with Gasteiger partial charge in [-0.15, -0.1) is 10.2 Å². The van der Waals surface area contributed by atoms with Crippen LogP contribution in [-0.2, 0) is 7.05 Å². The number of ether oxygens (including phenoxy) is 2. The summed E-state index contributed by atoms with van der Waals surface area (Å²) in [6.07, 6.45) is 0.860. The first-order valence-electron chi connectivity index (χ1n) is 8.23. The maximum atomic E-state index is 13.9. The highest BCUT2D eigenvalue weighted by atomic mass is 32.2. The number of hydrogen-bond donors (Lipinski definition) is 0. The molecule has 0 spiro atoms. The van der Waals surface area contributed by atoms with E-state index in [1.807, 2.05) is 35.9 Å². The maximum Gasteiger partial charge on any atom is 0.191 e. The molecule has 3 aromatic rings. The standard InChI is InChI=1S/C19H20FN3O2S/c1-23-18(16-6-3-4-7-17(16)20)21-22-19(23)26-13-5-12-25-15-10-8-14(24-2)9-11-15/h3-4,6-11H,5,12-13H2,1-2H3. The van der Waals surface area contributed by atoms with Gasteiger partial charge in [0.25, 0.3) is 0 Å². The quantitative estimate of drug-likeness (QED) is 0.438. The largest absolute Gasteiger partial charge is 0.497 e. The fourth-order valence-corrected chi connectivity index (χ4v) is 3.23. The predicted molar refractivity (Wildman–Crippen MR) is 100 cm³/mol. The third-order valence-electron chi connectivity index (χ3n) is 3.80. The summed E-state index contributed by atoms with van der Waals surface area (Å²) in [7, 11) is 3.48. The lowest BCUT2D eigenvalue weighted by Crippen LogP contribution is -2.00. The van der Waals surface area contributed by atoms with Crippen LogP contribution in [0.2, 0.25) is 0 Å². The van der Waals surface area contributed by atoms with Crippen LogP contribution in [0.5, 0.6) is 11.5 Å². The average Bonchev–Trinajstić information content (AvgIpc) is 3.03. The molecule has 0 saturated carbocycles. The minimum atomic E-state index is -0.299. The Kier molecular flexibility index (Phi) is 6.12. The first-order valence-corrected chi connectivity index (χ1v) is 9.21. The lowest BCUT2D eigenvalue weighted by molar-refractivity contribution is 0.318. The molecule has 0 bridgehead atoms. The minimum Gasteiger partial charge on any atom is -0.497 e. The highest BCUT2D eigenvalue weighted by Gasteiger charge is 2.14. The van der Waals surface area contributed by atoms with Crippen LogP contribution in [0.3, 0.4) is 0 Å². The lowest BCUT2D eigenvalue weighted by atomic mass is 10.2. The van der Waals surface area contributed by atoms with E-state index in [4.69, 9.17) is 9.47 Å². The van der Waals surface area contributed by atoms with Crippen molar-refractivity contribution in [3.63, 3.8) is 0 Å². The summed E-state index contributed by atoms with van der Waals surface area (Å²) in [6.45, 7) is 0.608. The molecule has 0 fully saturated rings. The van der Waals surface area contributed by atoms with E-state index in [1.165, 1.54) is 6.07 Å². The zero-order chi connectivity index (χ0) is 18.4. The number of rotatable bonds is 8. The molecular formula is C19H20FN3O2S. The van der Waals surface area contributed by atoms with E-state index in [9.17, 15) is 4.39 Å². The molecule has 136 valence electrons. The summed E-state index contributed by atoms with van der Waals surface area (Å²) in [5.41, 5.74) is 0.456. The molecule has 0 unspecified atom stereocenters. The van der Waals surface area contributed by atoms with Crippen molar-refractivity contribution in [1.82, 2.24) is 14.8 Å². The van der Waals surface area contributed by atoms with Crippen LogP contribution in [0.1, 0.15) is 6.42 Å². The normalized spacial score (nSPS) is 10.7. The van der Waals surface area contributed by atoms with Gasteiger partial charge in [0.05, 0.1) is 19.3 Å². The fraction of sp³-hybridized carbons (Fsp3) is 0.263. The van der Waals surface area contributed by atoms with E-state index in [-0.39, 0.29) is 5.82 Å². The molecule has 0 amide bonds. The van der Waals surface area contributed by atoms with E-state index < -0.39 is 0 Å². The van der Waals surface area contributed by atoms with Gasteiger partial charge in [-0.25, -0.2) is 4.39 Å². The molecule has 7 heteroatoms. The highest BCUT2D eigenvalue weighted by Crippen LogP contribution is 2.25. The Morgan fingerprint density at radius 3 is 2.50 bits per heavy atom. The van der Waals surface area contributed by atoms with E-state index in [2.05, 4.69) is 10.2 Å². The summed E-state index contributed by atoms with van der Waals surface area (Å²) in [5.74, 6) is 2.68. The van der Waals surface area contributed by atoms with Crippen LogP contribution in [0.15, 0.2) is 53.7 Å². The summed E-state index contributed by atoms with van der Waals surface area (Å²) in [6, 6.07) is 14.1. The highest BCUT2D eigenvalue weighted by molar-refractivity contribution is 7.99. The van der Waals surface area contributed by atoms with Gasteiger partial charge in [0.2, 0.25) is 0 Å². The average molecular weight is 373 g/mol. The molecule has 1 aromatic heterocycles. The Morgan fingerprint density at radius 1 is 1.04 bits per heavy atom. The van der Waals surface area contributed by atoms with E-state index in [1.54, 1.807) is 37.1 Å². The lowest BCUT2D eigenvalue weighted by Gasteiger charge is -2.07. The first kappa shape index (κ1) is 18.3. The number of nitrogens with zero attached hydrogens (tertiary/aromatic N) is 3. The van der Waals surface area contributed by atoms with Gasteiger partial charge in [-0.1, -0.05) is 23.9 Å². The molecule has 0 N–H and O–H groups in total. The molecule has 3 rings (SSSR count). The van der Waals surface area contributed by atoms with Gasteiger partial charge in [-0.2, -0.15) is 0 Å². The molecule has 0 aliphatic heterocycles. The third kappa shape index (κ3) is 4.35. The number of hydrogen-bond acceptors (Lipinski definition) is 5. The van der Waals surface area contributed by atoms with Gasteiger partial charge >= 0.3 is 0 Å². The second-order valence-corrected chi connectivity index (χ2v) is 6.63. The van der Waals surface area contributed by atoms with E-state index in [0.29, 0.717) is 18.0 Å². The molecule has 2 aromatic carbocycles. The SMILES string of the molecule is COc1ccc(OCCCSc2nnc(-c3ccccc3F)n2C)cc1. The molecule has 26 heavy (non-hydrogen) atoms. The number of thioether (sulfide) groups is 1. The van der Waals surface area contributed by atoms with Crippen molar-refractivity contribution in [2.24, 2.45) is 7.05 Å². The zero-order valence-corrected chi connectivity index (χ0v) is 15.5. The zero-order valence-electron chi connectivity index (χ0n) is 14.7. The van der Waals surface area contributed by atoms with Gasteiger partial charge in [0.1, 0.15) is 17.3 Å². The monoisotopic (exact) mass is 373 g/mol. The molecule has 0 saturated heterocycles. The smallest absolute Gasteiger partial charge is 0.191 e. The first-order chi connectivity index (χ1) is 12.7. The Hall–Kier alpha value is -2.54. The van der Waals surface area contributed by atoms with Crippen LogP contribution >= 0.6 is 11.8 Å². The number of benzene rings is 2.